The number of nitrogens with one attached hydrogen (secondary N) is 1. The van der Waals surface area contributed by atoms with Crippen LogP contribution >= 0.6 is 11.6 Å². The number of hydrogen-bond donors (Lipinski definition) is 1. The molecule has 7 heteroatoms. The first-order valence-electron chi connectivity index (χ1n) is 7.85. The molecule has 3 rings (SSSR count). The standard InChI is InChI=1S/C17H19ClN4O2/c1-11(12-9-19-21(2)10-12)20-17(24)14-8-13(5-6-15(14)18)22-7-3-4-16(22)23/h5-6,8-11H,3-4,7H2,1-2H3,(H,20,24). The highest BCUT2D eigenvalue weighted by molar-refractivity contribution is 6.34. The van der Waals surface area contributed by atoms with Gasteiger partial charge >= 0.3 is 0 Å². The van der Waals surface area contributed by atoms with Crippen LogP contribution in [0.25, 0.3) is 0 Å². The van der Waals surface area contributed by atoms with Crippen molar-refractivity contribution in [3.05, 3.63) is 46.7 Å². The van der Waals surface area contributed by atoms with Crippen molar-refractivity contribution in [2.24, 2.45) is 7.05 Å². The highest BCUT2D eigenvalue weighted by atomic mass is 35.5. The van der Waals surface area contributed by atoms with Gasteiger partial charge in [-0.15, -0.1) is 0 Å². The van der Waals surface area contributed by atoms with Gasteiger partial charge in [0.05, 0.1) is 22.8 Å². The summed E-state index contributed by atoms with van der Waals surface area (Å²) in [4.78, 5) is 26.2. The van der Waals surface area contributed by atoms with Crippen LogP contribution in [0, 0.1) is 0 Å². The Morgan fingerprint density at radius 1 is 1.42 bits per heavy atom. The summed E-state index contributed by atoms with van der Waals surface area (Å²) in [5.41, 5.74) is 1.98. The summed E-state index contributed by atoms with van der Waals surface area (Å²) >= 11 is 6.19. The van der Waals surface area contributed by atoms with Gasteiger partial charge in [-0.2, -0.15) is 5.10 Å². The van der Waals surface area contributed by atoms with E-state index in [-0.39, 0.29) is 17.9 Å². The Morgan fingerprint density at radius 2 is 2.21 bits per heavy atom. The first kappa shape index (κ1) is 16.5. The number of carbonyl (C=O) groups excluding carboxylic acids is 2. The van der Waals surface area contributed by atoms with Crippen LogP contribution in [0.2, 0.25) is 5.02 Å². The predicted octanol–water partition coefficient (Wildman–Crippen LogP) is 2.69. The van der Waals surface area contributed by atoms with E-state index in [0.29, 0.717) is 29.2 Å². The third-order valence-corrected chi connectivity index (χ3v) is 4.48. The van der Waals surface area contributed by atoms with Gasteiger partial charge in [-0.1, -0.05) is 11.6 Å². The summed E-state index contributed by atoms with van der Waals surface area (Å²) < 4.78 is 1.69. The number of rotatable bonds is 4. The second kappa shape index (κ2) is 6.65. The van der Waals surface area contributed by atoms with Crippen molar-refractivity contribution in [2.75, 3.05) is 11.4 Å². The molecule has 0 bridgehead atoms. The zero-order valence-corrected chi connectivity index (χ0v) is 14.4. The van der Waals surface area contributed by atoms with E-state index in [1.54, 1.807) is 34.0 Å². The highest BCUT2D eigenvalue weighted by Gasteiger charge is 2.23. The fourth-order valence-corrected chi connectivity index (χ4v) is 3.00. The van der Waals surface area contributed by atoms with E-state index in [4.69, 9.17) is 11.6 Å². The molecule has 2 heterocycles. The number of carbonyl (C=O) groups is 2. The molecule has 0 saturated carbocycles. The molecule has 0 aliphatic carbocycles. The van der Waals surface area contributed by atoms with Crippen LogP contribution in [-0.4, -0.2) is 28.1 Å². The molecule has 1 unspecified atom stereocenters. The van der Waals surface area contributed by atoms with Crippen LogP contribution in [0.4, 0.5) is 5.69 Å². The lowest BCUT2D eigenvalue weighted by atomic mass is 10.1. The Bertz CT molecular complexity index is 787. The van der Waals surface area contributed by atoms with Gasteiger partial charge in [0.1, 0.15) is 0 Å². The smallest absolute Gasteiger partial charge is 0.253 e. The molecule has 2 amide bonds. The largest absolute Gasteiger partial charge is 0.345 e. The molecular weight excluding hydrogens is 328 g/mol. The van der Waals surface area contributed by atoms with E-state index in [9.17, 15) is 9.59 Å². The zero-order valence-electron chi connectivity index (χ0n) is 13.6. The maximum absolute atomic E-state index is 12.6. The molecule has 2 aromatic rings. The van der Waals surface area contributed by atoms with Crippen LogP contribution < -0.4 is 10.2 Å². The summed E-state index contributed by atoms with van der Waals surface area (Å²) in [5, 5.41) is 7.38. The van der Waals surface area contributed by atoms with Crippen LogP contribution in [-0.2, 0) is 11.8 Å². The molecular formula is C17H19ClN4O2. The normalized spacial score (nSPS) is 15.6. The number of anilines is 1. The molecule has 1 fully saturated rings. The third kappa shape index (κ3) is 3.28. The minimum atomic E-state index is -0.273. The second-order valence-corrected chi connectivity index (χ2v) is 6.36. The molecule has 1 N–H and O–H groups in total. The Balaban J connectivity index is 1.80. The Morgan fingerprint density at radius 3 is 2.83 bits per heavy atom. The van der Waals surface area contributed by atoms with Gasteiger partial charge < -0.3 is 10.2 Å². The fraction of sp³-hybridized carbons (Fsp3) is 0.353. The summed E-state index contributed by atoms with van der Waals surface area (Å²) in [6.07, 6.45) is 4.95. The molecule has 1 aliphatic rings. The molecule has 1 aromatic carbocycles. The summed E-state index contributed by atoms with van der Waals surface area (Å²) in [6.45, 7) is 2.56. The molecule has 24 heavy (non-hydrogen) atoms. The Kier molecular flexibility index (Phi) is 4.57. The van der Waals surface area contributed by atoms with Crippen LogP contribution in [0.1, 0.15) is 41.7 Å². The van der Waals surface area contributed by atoms with Crippen molar-refractivity contribution in [3.63, 3.8) is 0 Å². The average molecular weight is 347 g/mol. The van der Waals surface area contributed by atoms with Gasteiger partial charge in [-0.25, -0.2) is 0 Å². The van der Waals surface area contributed by atoms with Crippen LogP contribution in [0.3, 0.4) is 0 Å². The van der Waals surface area contributed by atoms with Crippen LogP contribution in [0.5, 0.6) is 0 Å². The monoisotopic (exact) mass is 346 g/mol. The summed E-state index contributed by atoms with van der Waals surface area (Å²) in [7, 11) is 1.82. The second-order valence-electron chi connectivity index (χ2n) is 5.96. The molecule has 0 radical (unpaired) electrons. The number of halogens is 1. The number of nitrogens with zero attached hydrogens (tertiary/aromatic N) is 3. The SMILES string of the molecule is CC(NC(=O)c1cc(N2CCCC2=O)ccc1Cl)c1cnn(C)c1. The topological polar surface area (TPSA) is 67.2 Å². The molecule has 0 spiro atoms. The maximum atomic E-state index is 12.6. The lowest BCUT2D eigenvalue weighted by Gasteiger charge is -2.18. The van der Waals surface area contributed by atoms with Crippen LogP contribution in [0.15, 0.2) is 30.6 Å². The van der Waals surface area contributed by atoms with Crippen molar-refractivity contribution >= 4 is 29.1 Å². The van der Waals surface area contributed by atoms with Gasteiger partial charge in [0.2, 0.25) is 5.91 Å². The van der Waals surface area contributed by atoms with Crippen molar-refractivity contribution in [3.8, 4) is 0 Å². The van der Waals surface area contributed by atoms with E-state index < -0.39 is 0 Å². The Hall–Kier alpha value is -2.34. The van der Waals surface area contributed by atoms with E-state index in [1.165, 1.54) is 0 Å². The molecule has 126 valence electrons. The summed E-state index contributed by atoms with van der Waals surface area (Å²) in [6, 6.07) is 4.91. The third-order valence-electron chi connectivity index (χ3n) is 4.15. The maximum Gasteiger partial charge on any atom is 0.253 e. The number of benzene rings is 1. The fourth-order valence-electron chi connectivity index (χ4n) is 2.80. The molecule has 1 atom stereocenters. The number of hydrogen-bond acceptors (Lipinski definition) is 3. The number of amides is 2. The lowest BCUT2D eigenvalue weighted by Crippen LogP contribution is -2.28. The van der Waals surface area contributed by atoms with Gasteiger partial charge in [-0.3, -0.25) is 14.3 Å². The van der Waals surface area contributed by atoms with E-state index in [1.807, 2.05) is 20.2 Å². The quantitative estimate of drug-likeness (QED) is 0.925. The molecule has 1 aromatic heterocycles. The van der Waals surface area contributed by atoms with Gasteiger partial charge in [0, 0.05) is 37.5 Å². The predicted molar refractivity (Wildman–Crippen MR) is 92.1 cm³/mol. The first-order valence-corrected chi connectivity index (χ1v) is 8.23. The summed E-state index contributed by atoms with van der Waals surface area (Å²) in [5.74, 6) is -0.197. The minimum absolute atomic E-state index is 0.0763. The van der Waals surface area contributed by atoms with E-state index in [2.05, 4.69) is 10.4 Å². The van der Waals surface area contributed by atoms with Crippen molar-refractivity contribution in [2.45, 2.75) is 25.8 Å². The molecule has 1 aliphatic heterocycles. The average Bonchev–Trinajstić information content (AvgIpc) is 3.16. The number of aromatic nitrogens is 2. The minimum Gasteiger partial charge on any atom is -0.345 e. The first-order chi connectivity index (χ1) is 11.5. The lowest BCUT2D eigenvalue weighted by molar-refractivity contribution is -0.117. The van der Waals surface area contributed by atoms with Gasteiger partial charge in [0.15, 0.2) is 0 Å². The van der Waals surface area contributed by atoms with Crippen molar-refractivity contribution in [1.29, 1.82) is 0 Å². The zero-order chi connectivity index (χ0) is 17.3. The molecule has 6 nitrogen and oxygen atoms in total. The molecule has 1 saturated heterocycles. The van der Waals surface area contributed by atoms with Crippen molar-refractivity contribution in [1.82, 2.24) is 15.1 Å². The highest BCUT2D eigenvalue weighted by Crippen LogP contribution is 2.27. The van der Waals surface area contributed by atoms with Gasteiger partial charge in [-0.05, 0) is 31.5 Å². The Labute approximate surface area is 145 Å². The van der Waals surface area contributed by atoms with E-state index >= 15 is 0 Å². The number of aryl methyl sites for hydroxylation is 1. The van der Waals surface area contributed by atoms with E-state index in [0.717, 1.165) is 12.0 Å². The van der Waals surface area contributed by atoms with Gasteiger partial charge in [0.25, 0.3) is 5.91 Å². The van der Waals surface area contributed by atoms with Crippen molar-refractivity contribution < 1.29 is 9.59 Å².